The second kappa shape index (κ2) is 7.50. The van der Waals surface area contributed by atoms with E-state index in [1.165, 1.54) is 0 Å². The molecule has 0 bridgehead atoms. The Balaban J connectivity index is 1.99. The highest BCUT2D eigenvalue weighted by Crippen LogP contribution is 2.29. The van der Waals surface area contributed by atoms with E-state index in [1.54, 1.807) is 19.4 Å². The number of nitrogens with zero attached hydrogens (tertiary/aromatic N) is 1. The lowest BCUT2D eigenvalue weighted by Crippen LogP contribution is -2.14. The van der Waals surface area contributed by atoms with E-state index < -0.39 is 0 Å². The first-order valence-electron chi connectivity index (χ1n) is 6.88. The first-order chi connectivity index (χ1) is 10.3. The third kappa shape index (κ3) is 3.86. The summed E-state index contributed by atoms with van der Waals surface area (Å²) < 4.78 is 10.6. The summed E-state index contributed by atoms with van der Waals surface area (Å²) in [5.74, 6) is 1.30. The Morgan fingerprint density at radius 1 is 1.14 bits per heavy atom. The van der Waals surface area contributed by atoms with E-state index in [9.17, 15) is 5.11 Å². The number of phenolic OH excluding ortho intramolecular Hbond substituents is 1. The van der Waals surface area contributed by atoms with Crippen molar-refractivity contribution in [2.45, 2.75) is 20.0 Å². The smallest absolute Gasteiger partial charge is 0.217 e. The summed E-state index contributed by atoms with van der Waals surface area (Å²) in [6.07, 6.45) is 1.69. The van der Waals surface area contributed by atoms with Crippen LogP contribution < -0.4 is 14.8 Å². The van der Waals surface area contributed by atoms with Gasteiger partial charge in [0, 0.05) is 30.4 Å². The van der Waals surface area contributed by atoms with Crippen LogP contribution in [0, 0.1) is 0 Å². The molecule has 1 aromatic heterocycles. The molecule has 0 saturated carbocycles. The maximum absolute atomic E-state index is 10.1. The molecule has 2 aromatic rings. The topological polar surface area (TPSA) is 63.6 Å². The molecule has 2 N–H and O–H groups in total. The zero-order valence-corrected chi connectivity index (χ0v) is 12.3. The number of aromatic nitrogens is 1. The van der Waals surface area contributed by atoms with Gasteiger partial charge in [-0.3, -0.25) is 0 Å². The van der Waals surface area contributed by atoms with Crippen LogP contribution in [0.1, 0.15) is 18.1 Å². The number of phenols is 1. The van der Waals surface area contributed by atoms with E-state index in [2.05, 4.69) is 10.3 Å². The van der Waals surface area contributed by atoms with Crippen molar-refractivity contribution >= 4 is 0 Å². The van der Waals surface area contributed by atoms with Crippen molar-refractivity contribution in [2.75, 3.05) is 13.7 Å². The lowest BCUT2D eigenvalue weighted by molar-refractivity contribution is 0.316. The van der Waals surface area contributed by atoms with Crippen LogP contribution in [0.2, 0.25) is 0 Å². The first kappa shape index (κ1) is 15.1. The maximum Gasteiger partial charge on any atom is 0.217 e. The quantitative estimate of drug-likeness (QED) is 0.819. The summed E-state index contributed by atoms with van der Waals surface area (Å²) in [6, 6.07) is 9.31. The van der Waals surface area contributed by atoms with Gasteiger partial charge in [-0.05, 0) is 19.1 Å². The molecule has 0 unspecified atom stereocenters. The van der Waals surface area contributed by atoms with E-state index in [4.69, 9.17) is 9.47 Å². The summed E-state index contributed by atoms with van der Waals surface area (Å²) in [4.78, 5) is 4.15. The van der Waals surface area contributed by atoms with Crippen LogP contribution in [0.3, 0.4) is 0 Å². The van der Waals surface area contributed by atoms with E-state index in [0.717, 1.165) is 11.1 Å². The molecule has 0 spiro atoms. The van der Waals surface area contributed by atoms with E-state index in [-0.39, 0.29) is 5.75 Å². The van der Waals surface area contributed by atoms with Crippen LogP contribution in [0.4, 0.5) is 0 Å². The molecule has 0 fully saturated rings. The van der Waals surface area contributed by atoms with E-state index >= 15 is 0 Å². The largest absolute Gasteiger partial charge is 0.504 e. The van der Waals surface area contributed by atoms with Gasteiger partial charge in [0.15, 0.2) is 11.5 Å². The highest BCUT2D eigenvalue weighted by atomic mass is 16.5. The van der Waals surface area contributed by atoms with E-state index in [1.807, 2.05) is 31.2 Å². The highest BCUT2D eigenvalue weighted by molar-refractivity contribution is 5.45. The van der Waals surface area contributed by atoms with Crippen molar-refractivity contribution in [1.82, 2.24) is 10.3 Å². The number of nitrogens with one attached hydrogen (secondary N) is 1. The molecule has 0 aliphatic heterocycles. The number of pyridine rings is 1. The summed E-state index contributed by atoms with van der Waals surface area (Å²) in [6.45, 7) is 3.55. The molecule has 21 heavy (non-hydrogen) atoms. The van der Waals surface area contributed by atoms with Crippen LogP contribution in [0.25, 0.3) is 0 Å². The predicted octanol–water partition coefficient (Wildman–Crippen LogP) is 2.48. The molecule has 0 radical (unpaired) electrons. The van der Waals surface area contributed by atoms with Crippen molar-refractivity contribution < 1.29 is 14.6 Å². The Kier molecular flexibility index (Phi) is 5.40. The van der Waals surface area contributed by atoms with Crippen LogP contribution in [-0.4, -0.2) is 23.8 Å². The van der Waals surface area contributed by atoms with Gasteiger partial charge in [0.2, 0.25) is 5.88 Å². The normalized spacial score (nSPS) is 10.4. The predicted molar refractivity (Wildman–Crippen MR) is 80.6 cm³/mol. The summed E-state index contributed by atoms with van der Waals surface area (Å²) in [5, 5.41) is 13.4. The molecule has 2 rings (SSSR count). The molecule has 5 nitrogen and oxygen atoms in total. The second-order valence-electron chi connectivity index (χ2n) is 4.47. The zero-order chi connectivity index (χ0) is 15.1. The van der Waals surface area contributed by atoms with Gasteiger partial charge in [0.1, 0.15) is 0 Å². The third-order valence-corrected chi connectivity index (χ3v) is 3.06. The SMILES string of the molecule is CCOc1cccc(CNCc2cccnc2OC)c1O. The minimum absolute atomic E-state index is 0.185. The van der Waals surface area contributed by atoms with Gasteiger partial charge >= 0.3 is 0 Å². The fourth-order valence-corrected chi connectivity index (χ4v) is 2.06. The van der Waals surface area contributed by atoms with Gasteiger partial charge < -0.3 is 19.9 Å². The highest BCUT2D eigenvalue weighted by Gasteiger charge is 2.08. The zero-order valence-electron chi connectivity index (χ0n) is 12.3. The third-order valence-electron chi connectivity index (χ3n) is 3.06. The Morgan fingerprint density at radius 2 is 1.90 bits per heavy atom. The van der Waals surface area contributed by atoms with E-state index in [0.29, 0.717) is 31.3 Å². The number of benzene rings is 1. The van der Waals surface area contributed by atoms with Crippen molar-refractivity contribution in [3.63, 3.8) is 0 Å². The van der Waals surface area contributed by atoms with Crippen LogP contribution in [0.15, 0.2) is 36.5 Å². The molecule has 0 aliphatic rings. The van der Waals surface area contributed by atoms with Gasteiger partial charge in [-0.2, -0.15) is 0 Å². The van der Waals surface area contributed by atoms with Crippen LogP contribution in [-0.2, 0) is 13.1 Å². The molecular weight excluding hydrogens is 268 g/mol. The number of ether oxygens (including phenoxy) is 2. The number of hydrogen-bond acceptors (Lipinski definition) is 5. The molecule has 0 amide bonds. The van der Waals surface area contributed by atoms with Crippen LogP contribution >= 0.6 is 0 Å². The number of rotatable bonds is 7. The van der Waals surface area contributed by atoms with Gasteiger partial charge in [0.05, 0.1) is 13.7 Å². The van der Waals surface area contributed by atoms with Gasteiger partial charge in [-0.1, -0.05) is 18.2 Å². The van der Waals surface area contributed by atoms with Gasteiger partial charge in [-0.15, -0.1) is 0 Å². The number of methoxy groups -OCH3 is 1. The average molecular weight is 288 g/mol. The maximum atomic E-state index is 10.1. The van der Waals surface area contributed by atoms with Crippen molar-refractivity contribution in [3.8, 4) is 17.4 Å². The second-order valence-corrected chi connectivity index (χ2v) is 4.47. The summed E-state index contributed by atoms with van der Waals surface area (Å²) in [5.41, 5.74) is 1.77. The molecule has 112 valence electrons. The van der Waals surface area contributed by atoms with Crippen molar-refractivity contribution in [1.29, 1.82) is 0 Å². The number of hydrogen-bond donors (Lipinski definition) is 2. The van der Waals surface area contributed by atoms with Crippen molar-refractivity contribution in [3.05, 3.63) is 47.7 Å². The molecule has 5 heteroatoms. The molecular formula is C16H20N2O3. The number of aromatic hydroxyl groups is 1. The minimum atomic E-state index is 0.185. The van der Waals surface area contributed by atoms with Crippen molar-refractivity contribution in [2.24, 2.45) is 0 Å². The summed E-state index contributed by atoms with van der Waals surface area (Å²) >= 11 is 0. The molecule has 1 heterocycles. The lowest BCUT2D eigenvalue weighted by Gasteiger charge is -2.11. The Morgan fingerprint density at radius 3 is 2.67 bits per heavy atom. The minimum Gasteiger partial charge on any atom is -0.504 e. The molecule has 1 aromatic carbocycles. The molecule has 0 aliphatic carbocycles. The number of para-hydroxylation sites is 1. The van der Waals surface area contributed by atoms with Crippen LogP contribution in [0.5, 0.6) is 17.4 Å². The standard InChI is InChI=1S/C16H20N2O3/c1-3-21-14-8-4-6-12(15(14)19)10-17-11-13-7-5-9-18-16(13)20-2/h4-9,17,19H,3,10-11H2,1-2H3. The van der Waals surface area contributed by atoms with Gasteiger partial charge in [0.25, 0.3) is 0 Å². The fraction of sp³-hybridized carbons (Fsp3) is 0.312. The average Bonchev–Trinajstić information content (AvgIpc) is 2.51. The first-order valence-corrected chi connectivity index (χ1v) is 6.88. The monoisotopic (exact) mass is 288 g/mol. The van der Waals surface area contributed by atoms with Gasteiger partial charge in [-0.25, -0.2) is 4.98 Å². The Hall–Kier alpha value is -2.27. The fourth-order valence-electron chi connectivity index (χ4n) is 2.06. The molecule has 0 atom stereocenters. The Labute approximate surface area is 124 Å². The summed E-state index contributed by atoms with van der Waals surface area (Å²) in [7, 11) is 1.60. The lowest BCUT2D eigenvalue weighted by atomic mass is 10.1. The Bertz CT molecular complexity index is 587. The molecule has 0 saturated heterocycles.